The molecule has 6 nitrogen and oxygen atoms in total. The first-order chi connectivity index (χ1) is 13.2. The third kappa shape index (κ3) is 3.32. The van der Waals surface area contributed by atoms with E-state index in [1.54, 1.807) is 11.9 Å². The van der Waals surface area contributed by atoms with Crippen LogP contribution in [0.4, 0.5) is 5.69 Å². The van der Waals surface area contributed by atoms with Crippen molar-refractivity contribution in [3.63, 3.8) is 0 Å². The Morgan fingerprint density at radius 2 is 1.96 bits per heavy atom. The summed E-state index contributed by atoms with van der Waals surface area (Å²) in [6.45, 7) is 6.46. The lowest BCUT2D eigenvalue weighted by molar-refractivity contribution is -0.134. The van der Waals surface area contributed by atoms with Crippen LogP contribution < -0.4 is 9.64 Å². The number of nitrogens with zero attached hydrogens (tertiary/aromatic N) is 3. The maximum Gasteiger partial charge on any atom is 0.228 e. The molecule has 0 radical (unpaired) electrons. The molecule has 0 aromatic heterocycles. The van der Waals surface area contributed by atoms with Crippen LogP contribution in [0, 0.1) is 5.92 Å². The molecule has 1 amide bonds. The summed E-state index contributed by atoms with van der Waals surface area (Å²) in [6, 6.07) is 6.44. The van der Waals surface area contributed by atoms with Gasteiger partial charge in [0.2, 0.25) is 5.91 Å². The van der Waals surface area contributed by atoms with Gasteiger partial charge in [-0.1, -0.05) is 0 Å². The second-order valence-corrected chi connectivity index (χ2v) is 8.92. The molecule has 1 aromatic rings. The van der Waals surface area contributed by atoms with Gasteiger partial charge in [-0.15, -0.1) is 0 Å². The molecule has 1 saturated heterocycles. The van der Waals surface area contributed by atoms with Crippen molar-refractivity contribution in [2.24, 2.45) is 5.92 Å². The average Bonchev–Trinajstić information content (AvgIpc) is 3.38. The molecule has 5 rings (SSSR count). The number of amides is 1. The summed E-state index contributed by atoms with van der Waals surface area (Å²) in [5, 5.41) is 0. The standard InChI is InChI=1S/C20H25N3O3S/c1-21-5-7-26-19-3-2-17(8-18(19)21)27-23-11-15-9-22(10-16(15)12-23)20(24)14-4-6-25-13-14/h2-3,8,14H,4-7,9-13H2,1H3. The number of rotatable bonds is 3. The van der Waals surface area contributed by atoms with Gasteiger partial charge in [0.05, 0.1) is 24.8 Å². The van der Waals surface area contributed by atoms with Gasteiger partial charge in [0.25, 0.3) is 0 Å². The van der Waals surface area contributed by atoms with E-state index in [1.807, 2.05) is 4.90 Å². The maximum atomic E-state index is 12.6. The van der Waals surface area contributed by atoms with Gasteiger partial charge >= 0.3 is 0 Å². The molecule has 1 unspecified atom stereocenters. The summed E-state index contributed by atoms with van der Waals surface area (Å²) in [4.78, 5) is 18.1. The third-order valence-electron chi connectivity index (χ3n) is 5.85. The van der Waals surface area contributed by atoms with Crippen molar-refractivity contribution >= 4 is 23.5 Å². The first-order valence-corrected chi connectivity index (χ1v) is 10.4. The molecule has 4 heterocycles. The van der Waals surface area contributed by atoms with Crippen LogP contribution in [0.25, 0.3) is 0 Å². The summed E-state index contributed by atoms with van der Waals surface area (Å²) < 4.78 is 13.5. The van der Waals surface area contributed by atoms with Crippen molar-refractivity contribution in [1.82, 2.24) is 9.21 Å². The minimum Gasteiger partial charge on any atom is -0.490 e. The second kappa shape index (κ2) is 7.04. The molecule has 1 atom stereocenters. The molecule has 0 spiro atoms. The fourth-order valence-electron chi connectivity index (χ4n) is 4.29. The highest BCUT2D eigenvalue weighted by atomic mass is 32.2. The predicted octanol–water partition coefficient (Wildman–Crippen LogP) is 2.01. The average molecular weight is 388 g/mol. The van der Waals surface area contributed by atoms with Crippen LogP contribution in [0.5, 0.6) is 5.75 Å². The van der Waals surface area contributed by atoms with Gasteiger partial charge in [0, 0.05) is 44.7 Å². The lowest BCUT2D eigenvalue weighted by Gasteiger charge is -2.28. The highest BCUT2D eigenvalue weighted by Crippen LogP contribution is 2.38. The Hall–Kier alpha value is -1.70. The highest BCUT2D eigenvalue weighted by Gasteiger charge is 2.36. The van der Waals surface area contributed by atoms with Gasteiger partial charge in [0.15, 0.2) is 0 Å². The summed E-state index contributed by atoms with van der Waals surface area (Å²) in [6.07, 6.45) is 0.873. The van der Waals surface area contributed by atoms with E-state index < -0.39 is 0 Å². The van der Waals surface area contributed by atoms with Gasteiger partial charge in [-0.25, -0.2) is 4.31 Å². The Balaban J connectivity index is 1.19. The Morgan fingerprint density at radius 3 is 2.70 bits per heavy atom. The Bertz CT molecular complexity index is 773. The van der Waals surface area contributed by atoms with E-state index in [4.69, 9.17) is 9.47 Å². The zero-order valence-corrected chi connectivity index (χ0v) is 16.5. The zero-order valence-electron chi connectivity index (χ0n) is 15.6. The number of anilines is 1. The fraction of sp³-hybridized carbons (Fsp3) is 0.550. The molecule has 1 fully saturated rings. The highest BCUT2D eigenvalue weighted by molar-refractivity contribution is 7.97. The van der Waals surface area contributed by atoms with Crippen LogP contribution in [0.3, 0.4) is 0 Å². The number of hydrogen-bond donors (Lipinski definition) is 0. The van der Waals surface area contributed by atoms with E-state index in [-0.39, 0.29) is 11.8 Å². The molecule has 0 bridgehead atoms. The minimum absolute atomic E-state index is 0.0743. The van der Waals surface area contributed by atoms with Crippen molar-refractivity contribution in [1.29, 1.82) is 0 Å². The summed E-state index contributed by atoms with van der Waals surface area (Å²) in [5.74, 6) is 1.32. The first kappa shape index (κ1) is 17.4. The summed E-state index contributed by atoms with van der Waals surface area (Å²) in [5.41, 5.74) is 4.02. The van der Waals surface area contributed by atoms with Gasteiger partial charge in [0.1, 0.15) is 12.4 Å². The van der Waals surface area contributed by atoms with Gasteiger partial charge < -0.3 is 19.3 Å². The Labute approximate surface area is 164 Å². The quantitative estimate of drug-likeness (QED) is 0.584. The number of hydrogen-bond acceptors (Lipinski definition) is 6. The number of ether oxygens (including phenoxy) is 2. The molecular formula is C20H25N3O3S. The van der Waals surface area contributed by atoms with E-state index in [9.17, 15) is 4.79 Å². The lowest BCUT2D eigenvalue weighted by Crippen LogP contribution is -2.37. The number of carbonyl (C=O) groups is 1. The molecule has 27 heavy (non-hydrogen) atoms. The largest absolute Gasteiger partial charge is 0.490 e. The van der Waals surface area contributed by atoms with Gasteiger partial charge in [-0.2, -0.15) is 0 Å². The summed E-state index contributed by atoms with van der Waals surface area (Å²) >= 11 is 1.80. The molecule has 0 N–H and O–H groups in total. The predicted molar refractivity (Wildman–Crippen MR) is 105 cm³/mol. The first-order valence-electron chi connectivity index (χ1n) is 9.64. The zero-order chi connectivity index (χ0) is 18.4. The van der Waals surface area contributed by atoms with Crippen molar-refractivity contribution in [3.05, 3.63) is 29.3 Å². The number of benzene rings is 1. The molecule has 0 saturated carbocycles. The smallest absolute Gasteiger partial charge is 0.228 e. The minimum atomic E-state index is 0.0743. The van der Waals surface area contributed by atoms with Crippen LogP contribution in [0.1, 0.15) is 6.42 Å². The van der Waals surface area contributed by atoms with Crippen molar-refractivity contribution < 1.29 is 14.3 Å². The number of carbonyl (C=O) groups excluding carboxylic acids is 1. The Kier molecular flexibility index (Phi) is 4.53. The Morgan fingerprint density at radius 1 is 1.15 bits per heavy atom. The van der Waals surface area contributed by atoms with E-state index in [1.165, 1.54) is 21.7 Å². The van der Waals surface area contributed by atoms with E-state index in [2.05, 4.69) is 34.5 Å². The van der Waals surface area contributed by atoms with Gasteiger partial charge in [-0.3, -0.25) is 4.79 Å². The van der Waals surface area contributed by atoms with Crippen LogP contribution in [0.2, 0.25) is 0 Å². The van der Waals surface area contributed by atoms with Crippen LogP contribution >= 0.6 is 11.9 Å². The molecule has 7 heteroatoms. The molecular weight excluding hydrogens is 362 g/mol. The fourth-order valence-corrected chi connectivity index (χ4v) is 5.32. The van der Waals surface area contributed by atoms with Crippen LogP contribution in [0.15, 0.2) is 34.2 Å². The van der Waals surface area contributed by atoms with E-state index >= 15 is 0 Å². The van der Waals surface area contributed by atoms with Crippen LogP contribution in [-0.4, -0.2) is 74.7 Å². The monoisotopic (exact) mass is 387 g/mol. The van der Waals surface area contributed by atoms with Crippen molar-refractivity contribution in [3.8, 4) is 5.75 Å². The lowest BCUT2D eigenvalue weighted by atomic mass is 10.1. The second-order valence-electron chi connectivity index (χ2n) is 7.75. The maximum absolute atomic E-state index is 12.6. The topological polar surface area (TPSA) is 45.2 Å². The van der Waals surface area contributed by atoms with Gasteiger partial charge in [-0.05, 0) is 47.7 Å². The summed E-state index contributed by atoms with van der Waals surface area (Å²) in [7, 11) is 2.11. The molecule has 4 aliphatic heterocycles. The van der Waals surface area contributed by atoms with E-state index in [0.29, 0.717) is 6.61 Å². The van der Waals surface area contributed by atoms with Crippen molar-refractivity contribution in [2.75, 3.05) is 64.5 Å². The van der Waals surface area contributed by atoms with Crippen LogP contribution in [-0.2, 0) is 9.53 Å². The molecule has 144 valence electrons. The third-order valence-corrected chi connectivity index (χ3v) is 6.83. The van der Waals surface area contributed by atoms with E-state index in [0.717, 1.165) is 58.1 Å². The SMILES string of the molecule is CN1CCOc2ccc(SN3CC4=C(C3)CN(C(=O)C3CCOC3)C4)cc21. The number of likely N-dealkylation sites (N-methyl/N-ethyl adjacent to an activating group) is 1. The number of fused-ring (bicyclic) bond motifs is 1. The van der Waals surface area contributed by atoms with Crippen molar-refractivity contribution in [2.45, 2.75) is 11.3 Å². The molecule has 1 aromatic carbocycles. The molecule has 0 aliphatic carbocycles. The normalized spacial score (nSPS) is 25.0. The molecule has 4 aliphatic rings.